The molecule has 134 valence electrons. The lowest BCUT2D eigenvalue weighted by atomic mass is 10.0. The summed E-state index contributed by atoms with van der Waals surface area (Å²) in [5.41, 5.74) is 0.756. The van der Waals surface area contributed by atoms with Gasteiger partial charge in [-0.2, -0.15) is 5.26 Å². The molecule has 8 nitrogen and oxygen atoms in total. The van der Waals surface area contributed by atoms with Gasteiger partial charge in [0.05, 0.1) is 16.6 Å². The molecule has 1 aliphatic rings. The Bertz CT molecular complexity index is 690. The highest BCUT2D eigenvalue weighted by Gasteiger charge is 2.29. The number of hydrogen-bond donors (Lipinski definition) is 1. The first-order chi connectivity index (χ1) is 11.9. The zero-order chi connectivity index (χ0) is 18.6. The summed E-state index contributed by atoms with van der Waals surface area (Å²) in [7, 11) is 1.68. The highest BCUT2D eigenvalue weighted by molar-refractivity contribution is 6.00. The third-order valence-corrected chi connectivity index (χ3v) is 4.47. The quantitative estimate of drug-likeness (QED) is 0.646. The zero-order valence-corrected chi connectivity index (χ0v) is 14.7. The highest BCUT2D eigenvalue weighted by Crippen LogP contribution is 2.24. The third-order valence-electron chi connectivity index (χ3n) is 4.47. The first-order valence-electron chi connectivity index (χ1n) is 8.28. The van der Waals surface area contributed by atoms with Crippen LogP contribution < -0.4 is 5.32 Å². The van der Waals surface area contributed by atoms with Gasteiger partial charge in [-0.3, -0.25) is 19.8 Å². The second-order valence-electron chi connectivity index (χ2n) is 6.38. The number of carbonyl (C=O) groups is 1. The second kappa shape index (κ2) is 7.94. The first kappa shape index (κ1) is 18.7. The van der Waals surface area contributed by atoms with Crippen molar-refractivity contribution in [3.8, 4) is 6.07 Å². The Morgan fingerprint density at radius 2 is 1.96 bits per heavy atom. The van der Waals surface area contributed by atoms with Crippen LogP contribution in [-0.4, -0.2) is 59.9 Å². The molecule has 0 radical (unpaired) electrons. The lowest BCUT2D eigenvalue weighted by Gasteiger charge is -2.38. The molecule has 1 aliphatic heterocycles. The van der Waals surface area contributed by atoms with Gasteiger partial charge >= 0.3 is 0 Å². The van der Waals surface area contributed by atoms with Crippen LogP contribution in [-0.2, 0) is 0 Å². The monoisotopic (exact) mass is 345 g/mol. The van der Waals surface area contributed by atoms with Crippen molar-refractivity contribution < 1.29 is 9.72 Å². The van der Waals surface area contributed by atoms with Crippen molar-refractivity contribution in [1.82, 2.24) is 9.80 Å². The molecule has 1 aromatic carbocycles. The Morgan fingerprint density at radius 3 is 2.44 bits per heavy atom. The van der Waals surface area contributed by atoms with Gasteiger partial charge in [0.2, 0.25) is 0 Å². The fourth-order valence-electron chi connectivity index (χ4n) is 3.07. The Kier molecular flexibility index (Phi) is 5.93. The van der Waals surface area contributed by atoms with E-state index in [2.05, 4.69) is 16.3 Å². The van der Waals surface area contributed by atoms with Crippen LogP contribution in [0.2, 0.25) is 0 Å². The van der Waals surface area contributed by atoms with Crippen molar-refractivity contribution in [2.45, 2.75) is 19.9 Å². The Hall–Kier alpha value is -2.66. The maximum Gasteiger partial charge on any atom is 0.270 e. The largest absolute Gasteiger partial charge is 0.387 e. The standard InChI is InChI=1S/C17H23N5O3/c1-12(2)16(11-18)20-6-8-21(9-7-20)17(23)14-10-13(22(24)25)4-5-15(14)19-3/h4-5,10,12,16,19H,6-9H2,1-3H3. The molecular weight excluding hydrogens is 322 g/mol. The van der Waals surface area contributed by atoms with Crippen molar-refractivity contribution in [1.29, 1.82) is 5.26 Å². The minimum absolute atomic E-state index is 0.106. The number of carbonyl (C=O) groups excluding carboxylic acids is 1. The lowest BCUT2D eigenvalue weighted by molar-refractivity contribution is -0.384. The normalized spacial score (nSPS) is 16.4. The van der Waals surface area contributed by atoms with E-state index in [9.17, 15) is 20.2 Å². The molecule has 1 N–H and O–H groups in total. The summed E-state index contributed by atoms with van der Waals surface area (Å²) in [6, 6.07) is 6.39. The van der Waals surface area contributed by atoms with Gasteiger partial charge in [0, 0.05) is 51.0 Å². The maximum atomic E-state index is 12.8. The summed E-state index contributed by atoms with van der Waals surface area (Å²) in [5, 5.41) is 23.2. The summed E-state index contributed by atoms with van der Waals surface area (Å²) in [4.78, 5) is 27.1. The van der Waals surface area contributed by atoms with E-state index >= 15 is 0 Å². The van der Waals surface area contributed by atoms with E-state index < -0.39 is 4.92 Å². The van der Waals surface area contributed by atoms with E-state index in [1.807, 2.05) is 13.8 Å². The Balaban J connectivity index is 2.14. The Labute approximate surface area is 147 Å². The van der Waals surface area contributed by atoms with Gasteiger partial charge in [0.1, 0.15) is 6.04 Å². The molecule has 0 spiro atoms. The molecule has 0 aliphatic carbocycles. The minimum atomic E-state index is -0.506. The summed E-state index contributed by atoms with van der Waals surface area (Å²) < 4.78 is 0. The van der Waals surface area contributed by atoms with Crippen molar-refractivity contribution in [2.24, 2.45) is 5.92 Å². The highest BCUT2D eigenvalue weighted by atomic mass is 16.6. The van der Waals surface area contributed by atoms with Crippen LogP contribution >= 0.6 is 0 Å². The second-order valence-corrected chi connectivity index (χ2v) is 6.38. The lowest BCUT2D eigenvalue weighted by Crippen LogP contribution is -2.52. The van der Waals surface area contributed by atoms with E-state index in [0.717, 1.165) is 0 Å². The van der Waals surface area contributed by atoms with Crippen LogP contribution in [0.15, 0.2) is 18.2 Å². The number of nitriles is 1. The summed E-state index contributed by atoms with van der Waals surface area (Å²) in [5.74, 6) is -0.00864. The number of piperazine rings is 1. The van der Waals surface area contributed by atoms with E-state index in [1.54, 1.807) is 18.0 Å². The number of nitro groups is 1. The average molecular weight is 345 g/mol. The van der Waals surface area contributed by atoms with Gasteiger partial charge in [-0.05, 0) is 12.0 Å². The number of nitrogens with zero attached hydrogens (tertiary/aromatic N) is 4. The minimum Gasteiger partial charge on any atom is -0.387 e. The van der Waals surface area contributed by atoms with Crippen LogP contribution in [0.4, 0.5) is 11.4 Å². The fraction of sp³-hybridized carbons (Fsp3) is 0.529. The molecule has 2 rings (SSSR count). The van der Waals surface area contributed by atoms with Gasteiger partial charge in [-0.25, -0.2) is 0 Å². The van der Waals surface area contributed by atoms with Crippen LogP contribution in [0.5, 0.6) is 0 Å². The number of benzene rings is 1. The number of nitro benzene ring substituents is 1. The van der Waals surface area contributed by atoms with Gasteiger partial charge in [0.25, 0.3) is 11.6 Å². The number of rotatable bonds is 5. The topological polar surface area (TPSA) is 103 Å². The number of anilines is 1. The van der Waals surface area contributed by atoms with Crippen molar-refractivity contribution in [2.75, 3.05) is 38.5 Å². The SMILES string of the molecule is CNc1ccc([N+](=O)[O-])cc1C(=O)N1CCN(C(C#N)C(C)C)CC1. The molecule has 1 aromatic rings. The van der Waals surface area contributed by atoms with Crippen LogP contribution in [0.25, 0.3) is 0 Å². The van der Waals surface area contributed by atoms with Crippen molar-refractivity contribution >= 4 is 17.3 Å². The fourth-order valence-corrected chi connectivity index (χ4v) is 3.07. The molecule has 1 amide bonds. The Morgan fingerprint density at radius 1 is 1.32 bits per heavy atom. The molecule has 0 bridgehead atoms. The van der Waals surface area contributed by atoms with E-state index in [0.29, 0.717) is 37.4 Å². The summed E-state index contributed by atoms with van der Waals surface area (Å²) in [6.45, 7) is 6.24. The van der Waals surface area contributed by atoms with Crippen molar-refractivity contribution in [3.63, 3.8) is 0 Å². The van der Waals surface area contributed by atoms with Crippen LogP contribution in [0.3, 0.4) is 0 Å². The molecule has 8 heteroatoms. The van der Waals surface area contributed by atoms with E-state index in [-0.39, 0.29) is 23.6 Å². The van der Waals surface area contributed by atoms with E-state index in [1.165, 1.54) is 12.1 Å². The van der Waals surface area contributed by atoms with Crippen LogP contribution in [0.1, 0.15) is 24.2 Å². The third kappa shape index (κ3) is 4.06. The molecule has 1 heterocycles. The van der Waals surface area contributed by atoms with Gasteiger partial charge < -0.3 is 10.2 Å². The molecule has 0 saturated carbocycles. The number of amides is 1. The van der Waals surface area contributed by atoms with Crippen LogP contribution in [0, 0.1) is 27.4 Å². The molecule has 1 fully saturated rings. The molecular formula is C17H23N5O3. The molecule has 0 aromatic heterocycles. The van der Waals surface area contributed by atoms with Gasteiger partial charge in [-0.1, -0.05) is 13.8 Å². The predicted octanol–water partition coefficient (Wildman–Crippen LogP) is 1.94. The summed E-state index contributed by atoms with van der Waals surface area (Å²) in [6.07, 6.45) is 0. The van der Waals surface area contributed by atoms with Crippen molar-refractivity contribution in [3.05, 3.63) is 33.9 Å². The number of hydrogen-bond acceptors (Lipinski definition) is 6. The average Bonchev–Trinajstić information content (AvgIpc) is 2.61. The predicted molar refractivity (Wildman–Crippen MR) is 94.4 cm³/mol. The number of nitrogens with one attached hydrogen (secondary N) is 1. The smallest absolute Gasteiger partial charge is 0.270 e. The maximum absolute atomic E-state index is 12.8. The molecule has 1 atom stereocenters. The van der Waals surface area contributed by atoms with Gasteiger partial charge in [0.15, 0.2) is 0 Å². The van der Waals surface area contributed by atoms with Gasteiger partial charge in [-0.15, -0.1) is 0 Å². The molecule has 1 unspecified atom stereocenters. The first-order valence-corrected chi connectivity index (χ1v) is 8.28. The molecule has 1 saturated heterocycles. The summed E-state index contributed by atoms with van der Waals surface area (Å²) >= 11 is 0. The zero-order valence-electron chi connectivity index (χ0n) is 14.7. The van der Waals surface area contributed by atoms with E-state index in [4.69, 9.17) is 0 Å². The molecule has 25 heavy (non-hydrogen) atoms. The number of non-ortho nitro benzene ring substituents is 1.